The Kier molecular flexibility index (Phi) is 4.25. The monoisotopic (exact) mass is 330 g/mol. The van der Waals surface area contributed by atoms with E-state index in [1.54, 1.807) is 18.7 Å². The highest BCUT2D eigenvalue weighted by Crippen LogP contribution is 2.28. The Morgan fingerprint density at radius 1 is 1.42 bits per heavy atom. The van der Waals surface area contributed by atoms with Gasteiger partial charge in [-0.25, -0.2) is 4.79 Å². The summed E-state index contributed by atoms with van der Waals surface area (Å²) in [5.41, 5.74) is 0.769. The second-order valence-electron chi connectivity index (χ2n) is 7.41. The number of fused-ring (bicyclic) bond motifs is 1. The maximum absolute atomic E-state index is 12.6. The van der Waals surface area contributed by atoms with E-state index in [9.17, 15) is 9.90 Å². The number of urea groups is 1. The van der Waals surface area contributed by atoms with Gasteiger partial charge in [0.15, 0.2) is 0 Å². The SMILES string of the molecule is CC(C)n1cc2cc(NC(=O)N3CCCC3C(C)(C)O)ccc2n1. The van der Waals surface area contributed by atoms with E-state index >= 15 is 0 Å². The van der Waals surface area contributed by atoms with E-state index in [1.807, 2.05) is 29.1 Å². The molecule has 6 nitrogen and oxygen atoms in total. The first-order valence-electron chi connectivity index (χ1n) is 8.54. The molecule has 24 heavy (non-hydrogen) atoms. The highest BCUT2D eigenvalue weighted by molar-refractivity contribution is 5.93. The first kappa shape index (κ1) is 16.8. The first-order valence-corrected chi connectivity index (χ1v) is 8.54. The number of benzene rings is 1. The number of carbonyl (C=O) groups excluding carboxylic acids is 1. The Labute approximate surface area is 142 Å². The van der Waals surface area contributed by atoms with E-state index in [2.05, 4.69) is 24.3 Å². The molecule has 1 aliphatic heterocycles. The van der Waals surface area contributed by atoms with Crippen molar-refractivity contribution in [2.45, 2.75) is 58.2 Å². The van der Waals surface area contributed by atoms with Crippen LogP contribution >= 0.6 is 0 Å². The van der Waals surface area contributed by atoms with Crippen LogP contribution in [0.5, 0.6) is 0 Å². The molecule has 0 aliphatic carbocycles. The molecule has 2 heterocycles. The van der Waals surface area contributed by atoms with Crippen LogP contribution in [0.25, 0.3) is 10.9 Å². The van der Waals surface area contributed by atoms with Gasteiger partial charge in [0.05, 0.1) is 17.2 Å². The number of likely N-dealkylation sites (tertiary alicyclic amines) is 1. The summed E-state index contributed by atoms with van der Waals surface area (Å²) >= 11 is 0. The molecule has 2 N–H and O–H groups in total. The molecule has 1 aromatic heterocycles. The van der Waals surface area contributed by atoms with E-state index in [0.29, 0.717) is 12.6 Å². The lowest BCUT2D eigenvalue weighted by molar-refractivity contribution is 0.0117. The summed E-state index contributed by atoms with van der Waals surface area (Å²) in [6.45, 7) is 8.36. The summed E-state index contributed by atoms with van der Waals surface area (Å²) < 4.78 is 1.92. The minimum atomic E-state index is -0.893. The van der Waals surface area contributed by atoms with Crippen molar-refractivity contribution in [3.63, 3.8) is 0 Å². The first-order chi connectivity index (χ1) is 11.3. The van der Waals surface area contributed by atoms with E-state index in [0.717, 1.165) is 29.4 Å². The molecule has 2 aromatic rings. The Morgan fingerprint density at radius 2 is 2.17 bits per heavy atom. The fraction of sp³-hybridized carbons (Fsp3) is 0.556. The second kappa shape index (κ2) is 6.09. The van der Waals surface area contributed by atoms with Gasteiger partial charge in [-0.15, -0.1) is 0 Å². The van der Waals surface area contributed by atoms with Crippen LogP contribution in [-0.2, 0) is 0 Å². The van der Waals surface area contributed by atoms with Crippen molar-refractivity contribution >= 4 is 22.6 Å². The highest BCUT2D eigenvalue weighted by atomic mass is 16.3. The van der Waals surface area contributed by atoms with Crippen LogP contribution in [0.15, 0.2) is 24.4 Å². The van der Waals surface area contributed by atoms with Crippen LogP contribution in [0.4, 0.5) is 10.5 Å². The summed E-state index contributed by atoms with van der Waals surface area (Å²) in [5.74, 6) is 0. The summed E-state index contributed by atoms with van der Waals surface area (Å²) in [6.07, 6.45) is 3.74. The molecule has 1 atom stereocenters. The van der Waals surface area contributed by atoms with Gasteiger partial charge in [-0.1, -0.05) is 0 Å². The van der Waals surface area contributed by atoms with Crippen LogP contribution in [0.2, 0.25) is 0 Å². The average molecular weight is 330 g/mol. The molecule has 1 aliphatic rings. The lowest BCUT2D eigenvalue weighted by Gasteiger charge is -2.33. The predicted octanol–water partition coefficient (Wildman–Crippen LogP) is 3.38. The highest BCUT2D eigenvalue weighted by Gasteiger charge is 2.38. The number of rotatable bonds is 3. The van der Waals surface area contributed by atoms with Crippen molar-refractivity contribution in [1.82, 2.24) is 14.7 Å². The predicted molar refractivity (Wildman–Crippen MR) is 95.2 cm³/mol. The van der Waals surface area contributed by atoms with Gasteiger partial charge in [0.25, 0.3) is 0 Å². The van der Waals surface area contributed by atoms with Gasteiger partial charge in [-0.05, 0) is 58.7 Å². The molecule has 0 bridgehead atoms. The number of nitrogens with zero attached hydrogens (tertiary/aromatic N) is 3. The third-order valence-corrected chi connectivity index (χ3v) is 4.63. The lowest BCUT2D eigenvalue weighted by Crippen LogP contribution is -2.49. The molecule has 2 amide bonds. The number of hydrogen-bond donors (Lipinski definition) is 2. The summed E-state index contributed by atoms with van der Waals surface area (Å²) in [6, 6.07) is 5.72. The van der Waals surface area contributed by atoms with Gasteiger partial charge in [0.1, 0.15) is 0 Å². The van der Waals surface area contributed by atoms with Crippen LogP contribution in [0, 0.1) is 0 Å². The molecule has 1 saturated heterocycles. The van der Waals surface area contributed by atoms with E-state index in [1.165, 1.54) is 0 Å². The van der Waals surface area contributed by atoms with E-state index < -0.39 is 5.60 Å². The van der Waals surface area contributed by atoms with Crippen molar-refractivity contribution in [2.75, 3.05) is 11.9 Å². The van der Waals surface area contributed by atoms with Crippen LogP contribution in [-0.4, -0.2) is 44.0 Å². The molecule has 0 saturated carbocycles. The number of hydrogen-bond acceptors (Lipinski definition) is 3. The number of aliphatic hydroxyl groups is 1. The van der Waals surface area contributed by atoms with Crippen molar-refractivity contribution in [1.29, 1.82) is 0 Å². The number of nitrogens with one attached hydrogen (secondary N) is 1. The van der Waals surface area contributed by atoms with Crippen molar-refractivity contribution in [2.24, 2.45) is 0 Å². The van der Waals surface area contributed by atoms with Crippen LogP contribution in [0.3, 0.4) is 0 Å². The molecule has 1 unspecified atom stereocenters. The van der Waals surface area contributed by atoms with Gasteiger partial charge >= 0.3 is 6.03 Å². The van der Waals surface area contributed by atoms with Crippen molar-refractivity contribution < 1.29 is 9.90 Å². The quantitative estimate of drug-likeness (QED) is 0.906. The minimum Gasteiger partial charge on any atom is -0.388 e. The van der Waals surface area contributed by atoms with E-state index in [-0.39, 0.29) is 12.1 Å². The number of anilines is 1. The number of amides is 2. The van der Waals surface area contributed by atoms with Gasteiger partial charge in [0, 0.05) is 29.9 Å². The third-order valence-electron chi connectivity index (χ3n) is 4.63. The Morgan fingerprint density at radius 3 is 2.83 bits per heavy atom. The van der Waals surface area contributed by atoms with Gasteiger partial charge in [-0.2, -0.15) is 5.10 Å². The Bertz CT molecular complexity index is 745. The average Bonchev–Trinajstić information content (AvgIpc) is 3.13. The molecule has 130 valence electrons. The fourth-order valence-electron chi connectivity index (χ4n) is 3.33. The lowest BCUT2D eigenvalue weighted by atomic mass is 9.97. The molecule has 1 fully saturated rings. The summed E-state index contributed by atoms with van der Waals surface area (Å²) in [4.78, 5) is 14.3. The molecule has 1 aromatic carbocycles. The normalized spacial score (nSPS) is 18.6. The van der Waals surface area contributed by atoms with Gasteiger partial charge in [0.2, 0.25) is 0 Å². The van der Waals surface area contributed by atoms with Crippen LogP contribution in [0.1, 0.15) is 46.6 Å². The topological polar surface area (TPSA) is 70.4 Å². The number of aromatic nitrogens is 2. The zero-order chi connectivity index (χ0) is 17.5. The van der Waals surface area contributed by atoms with Gasteiger partial charge in [-0.3, -0.25) is 4.68 Å². The van der Waals surface area contributed by atoms with E-state index in [4.69, 9.17) is 0 Å². The molecular formula is C18H26N4O2. The molecular weight excluding hydrogens is 304 g/mol. The molecule has 0 radical (unpaired) electrons. The number of carbonyl (C=O) groups is 1. The Hall–Kier alpha value is -2.08. The van der Waals surface area contributed by atoms with Gasteiger partial charge < -0.3 is 15.3 Å². The minimum absolute atomic E-state index is 0.148. The summed E-state index contributed by atoms with van der Waals surface area (Å²) in [7, 11) is 0. The second-order valence-corrected chi connectivity index (χ2v) is 7.41. The van der Waals surface area contributed by atoms with Crippen LogP contribution < -0.4 is 5.32 Å². The van der Waals surface area contributed by atoms with Crippen molar-refractivity contribution in [3.8, 4) is 0 Å². The standard InChI is InChI=1S/C18H26N4O2/c1-12(2)22-11-13-10-14(7-8-15(13)20-22)19-17(23)21-9-5-6-16(21)18(3,4)24/h7-8,10-12,16,24H,5-6,9H2,1-4H3,(H,19,23). The largest absolute Gasteiger partial charge is 0.388 e. The maximum Gasteiger partial charge on any atom is 0.322 e. The zero-order valence-electron chi connectivity index (χ0n) is 14.8. The molecule has 6 heteroatoms. The fourth-order valence-corrected chi connectivity index (χ4v) is 3.33. The smallest absolute Gasteiger partial charge is 0.322 e. The zero-order valence-corrected chi connectivity index (χ0v) is 14.8. The Balaban J connectivity index is 1.78. The maximum atomic E-state index is 12.6. The molecule has 0 spiro atoms. The molecule has 3 rings (SSSR count). The summed E-state index contributed by atoms with van der Waals surface area (Å²) in [5, 5.41) is 18.7. The third kappa shape index (κ3) is 3.24. The van der Waals surface area contributed by atoms with Crippen molar-refractivity contribution in [3.05, 3.63) is 24.4 Å².